The number of halogens is 3. The van der Waals surface area contributed by atoms with Gasteiger partial charge in [0.25, 0.3) is 5.92 Å². The van der Waals surface area contributed by atoms with Crippen molar-refractivity contribution in [3.05, 3.63) is 81.9 Å². The van der Waals surface area contributed by atoms with E-state index in [1.807, 2.05) is 12.1 Å². The van der Waals surface area contributed by atoms with Crippen LogP contribution < -0.4 is 4.74 Å². The topological polar surface area (TPSA) is 9.23 Å². The molecule has 0 aliphatic heterocycles. The highest BCUT2D eigenvalue weighted by molar-refractivity contribution is 9.09. The van der Waals surface area contributed by atoms with Crippen LogP contribution >= 0.6 is 15.9 Å². The molecule has 0 aromatic heterocycles. The number of ether oxygens (including phenoxy) is 1. The molecule has 2 aromatic rings. The van der Waals surface area contributed by atoms with Gasteiger partial charge < -0.3 is 4.74 Å². The highest BCUT2D eigenvalue weighted by Crippen LogP contribution is 2.44. The van der Waals surface area contributed by atoms with Gasteiger partial charge in [-0.05, 0) is 71.7 Å². The summed E-state index contributed by atoms with van der Waals surface area (Å²) in [7, 11) is 0. The van der Waals surface area contributed by atoms with Gasteiger partial charge in [0.2, 0.25) is 0 Å². The fourth-order valence-corrected chi connectivity index (χ4v) is 4.48. The summed E-state index contributed by atoms with van der Waals surface area (Å²) in [6.07, 6.45) is 3.85. The number of aryl methyl sites for hydroxylation is 2. The van der Waals surface area contributed by atoms with E-state index in [2.05, 4.69) is 53.2 Å². The minimum atomic E-state index is -2.57. The van der Waals surface area contributed by atoms with E-state index in [-0.39, 0.29) is 12.8 Å². The molecule has 2 aromatic carbocycles. The van der Waals surface area contributed by atoms with E-state index in [9.17, 15) is 8.78 Å². The van der Waals surface area contributed by atoms with E-state index >= 15 is 0 Å². The van der Waals surface area contributed by atoms with E-state index in [0.717, 1.165) is 35.1 Å². The first-order chi connectivity index (χ1) is 14.0. The van der Waals surface area contributed by atoms with Crippen LogP contribution in [0, 0.1) is 6.92 Å². The Hall–Kier alpha value is -1.94. The largest absolute Gasteiger partial charge is 0.493 e. The van der Waals surface area contributed by atoms with Gasteiger partial charge in [-0.25, -0.2) is 8.78 Å². The van der Waals surface area contributed by atoms with Crippen molar-refractivity contribution in [1.82, 2.24) is 0 Å². The second-order valence-electron chi connectivity index (χ2n) is 7.87. The smallest absolute Gasteiger partial charge is 0.251 e. The molecular formula is C25H25BrF2O. The molecule has 4 rings (SSSR count). The van der Waals surface area contributed by atoms with Crippen LogP contribution in [0.25, 0.3) is 5.57 Å². The van der Waals surface area contributed by atoms with Crippen LogP contribution in [0.3, 0.4) is 0 Å². The van der Waals surface area contributed by atoms with E-state index in [4.69, 9.17) is 4.74 Å². The number of benzene rings is 2. The van der Waals surface area contributed by atoms with Crippen LogP contribution in [0.2, 0.25) is 0 Å². The molecule has 0 saturated heterocycles. The lowest BCUT2D eigenvalue weighted by Crippen LogP contribution is -2.20. The van der Waals surface area contributed by atoms with Crippen LogP contribution in [-0.2, 0) is 6.42 Å². The molecule has 0 amide bonds. The summed E-state index contributed by atoms with van der Waals surface area (Å²) >= 11 is 3.38. The van der Waals surface area contributed by atoms with Crippen LogP contribution in [0.1, 0.15) is 47.9 Å². The number of fused-ring (bicyclic) bond motifs is 1. The zero-order chi connectivity index (χ0) is 20.4. The predicted molar refractivity (Wildman–Crippen MR) is 118 cm³/mol. The van der Waals surface area contributed by atoms with Gasteiger partial charge in [0, 0.05) is 18.2 Å². The summed E-state index contributed by atoms with van der Waals surface area (Å²) in [5.74, 6) is -1.73. The molecule has 0 fully saturated rings. The summed E-state index contributed by atoms with van der Waals surface area (Å²) < 4.78 is 33.1. The Bertz CT molecular complexity index is 957. The number of alkyl halides is 3. The SMILES string of the molecule is Cc1ccc2c(c1)CCC(C1=CCC(F)(F)CC1)=C2c1ccc(OCCBr)cc1. The molecule has 0 saturated carbocycles. The van der Waals surface area contributed by atoms with Gasteiger partial charge in [0.15, 0.2) is 0 Å². The first-order valence-corrected chi connectivity index (χ1v) is 11.3. The van der Waals surface area contributed by atoms with Crippen molar-refractivity contribution in [3.8, 4) is 5.75 Å². The van der Waals surface area contributed by atoms with E-state index in [0.29, 0.717) is 13.0 Å². The van der Waals surface area contributed by atoms with Gasteiger partial charge in [-0.1, -0.05) is 57.9 Å². The third kappa shape index (κ3) is 4.48. The Kier molecular flexibility index (Phi) is 5.91. The molecule has 0 spiro atoms. The van der Waals surface area contributed by atoms with Crippen molar-refractivity contribution >= 4 is 21.5 Å². The van der Waals surface area contributed by atoms with Crippen molar-refractivity contribution in [2.75, 3.05) is 11.9 Å². The Morgan fingerprint density at radius 3 is 2.52 bits per heavy atom. The molecule has 0 radical (unpaired) electrons. The van der Waals surface area contributed by atoms with Crippen molar-refractivity contribution in [2.45, 2.75) is 45.0 Å². The van der Waals surface area contributed by atoms with Crippen molar-refractivity contribution in [2.24, 2.45) is 0 Å². The molecule has 0 bridgehead atoms. The highest BCUT2D eigenvalue weighted by atomic mass is 79.9. The summed E-state index contributed by atoms with van der Waals surface area (Å²) in [4.78, 5) is 0. The lowest BCUT2D eigenvalue weighted by Gasteiger charge is -2.29. The molecule has 0 N–H and O–H groups in total. The lowest BCUT2D eigenvalue weighted by molar-refractivity contribution is -0.00837. The molecule has 152 valence electrons. The van der Waals surface area contributed by atoms with Gasteiger partial charge in [-0.15, -0.1) is 0 Å². The average molecular weight is 459 g/mol. The van der Waals surface area contributed by atoms with Crippen molar-refractivity contribution < 1.29 is 13.5 Å². The molecular weight excluding hydrogens is 434 g/mol. The van der Waals surface area contributed by atoms with Gasteiger partial charge >= 0.3 is 0 Å². The van der Waals surface area contributed by atoms with E-state index in [1.165, 1.54) is 27.8 Å². The Morgan fingerprint density at radius 2 is 1.83 bits per heavy atom. The molecule has 0 heterocycles. The monoisotopic (exact) mass is 458 g/mol. The van der Waals surface area contributed by atoms with Crippen LogP contribution in [-0.4, -0.2) is 17.9 Å². The Morgan fingerprint density at radius 1 is 1.03 bits per heavy atom. The molecule has 0 atom stereocenters. The third-order valence-corrected chi connectivity index (χ3v) is 6.08. The van der Waals surface area contributed by atoms with Gasteiger partial charge in [-0.3, -0.25) is 0 Å². The van der Waals surface area contributed by atoms with Crippen LogP contribution in [0.5, 0.6) is 5.75 Å². The molecule has 4 heteroatoms. The molecule has 1 nitrogen and oxygen atoms in total. The minimum Gasteiger partial charge on any atom is -0.493 e. The second-order valence-corrected chi connectivity index (χ2v) is 8.66. The zero-order valence-corrected chi connectivity index (χ0v) is 18.2. The predicted octanol–water partition coefficient (Wildman–Crippen LogP) is 7.26. The first-order valence-electron chi connectivity index (χ1n) is 10.2. The van der Waals surface area contributed by atoms with Crippen molar-refractivity contribution in [1.29, 1.82) is 0 Å². The van der Waals surface area contributed by atoms with E-state index < -0.39 is 5.92 Å². The Labute approximate surface area is 179 Å². The summed E-state index contributed by atoms with van der Waals surface area (Å²) in [5.41, 5.74) is 8.45. The van der Waals surface area contributed by atoms with Crippen LogP contribution in [0.4, 0.5) is 8.78 Å². The maximum absolute atomic E-state index is 13.7. The average Bonchev–Trinajstić information content (AvgIpc) is 2.72. The fraction of sp³-hybridized carbons (Fsp3) is 0.360. The zero-order valence-electron chi connectivity index (χ0n) is 16.6. The molecule has 2 aliphatic rings. The third-order valence-electron chi connectivity index (χ3n) is 5.76. The summed E-state index contributed by atoms with van der Waals surface area (Å²) in [6.45, 7) is 2.73. The van der Waals surface area contributed by atoms with Gasteiger partial charge in [0.1, 0.15) is 5.75 Å². The number of hydrogen-bond donors (Lipinski definition) is 0. The fourth-order valence-electron chi connectivity index (χ4n) is 4.31. The second kappa shape index (κ2) is 8.43. The van der Waals surface area contributed by atoms with Gasteiger partial charge in [-0.2, -0.15) is 0 Å². The molecule has 0 unspecified atom stereocenters. The molecule has 2 aliphatic carbocycles. The summed E-state index contributed by atoms with van der Waals surface area (Å²) in [5, 5.41) is 0.787. The van der Waals surface area contributed by atoms with Crippen LogP contribution in [0.15, 0.2) is 59.7 Å². The first kappa shape index (κ1) is 20.3. The highest BCUT2D eigenvalue weighted by Gasteiger charge is 2.33. The van der Waals surface area contributed by atoms with Crippen molar-refractivity contribution in [3.63, 3.8) is 0 Å². The number of rotatable bonds is 5. The standard InChI is InChI=1S/C25H25BrF2O/c1-17-2-8-23-20(16-17)5-9-22(18-10-12-25(27,28)13-11-18)24(23)19-3-6-21(7-4-19)29-15-14-26/h2-4,6-8,10,16H,5,9,11-15H2,1H3. The van der Waals surface area contributed by atoms with E-state index in [1.54, 1.807) is 6.08 Å². The maximum atomic E-state index is 13.7. The maximum Gasteiger partial charge on any atom is 0.251 e. The number of hydrogen-bond acceptors (Lipinski definition) is 1. The summed E-state index contributed by atoms with van der Waals surface area (Å²) in [6, 6.07) is 14.7. The molecule has 29 heavy (non-hydrogen) atoms. The minimum absolute atomic E-state index is 0.0598. The van der Waals surface area contributed by atoms with Gasteiger partial charge in [0.05, 0.1) is 6.61 Å². The Balaban J connectivity index is 1.79. The normalized spacial score (nSPS) is 18.3. The number of allylic oxidation sites excluding steroid dienone is 3. The lowest BCUT2D eigenvalue weighted by atomic mass is 9.77. The quantitative estimate of drug-likeness (QED) is 0.428.